The van der Waals surface area contributed by atoms with Gasteiger partial charge in [-0.2, -0.15) is 5.10 Å². The fourth-order valence-electron chi connectivity index (χ4n) is 7.61. The molecule has 0 radical (unpaired) electrons. The molecule has 4 aliphatic rings. The van der Waals surface area contributed by atoms with Crippen molar-refractivity contribution in [3.63, 3.8) is 0 Å². The van der Waals surface area contributed by atoms with Crippen LogP contribution in [0.4, 0.5) is 4.79 Å². The van der Waals surface area contributed by atoms with Crippen LogP contribution >= 0.6 is 0 Å². The number of carbonyl (C=O) groups is 2. The highest BCUT2D eigenvalue weighted by Crippen LogP contribution is 2.44. The highest BCUT2D eigenvalue weighted by atomic mass is 16.6. The molecule has 1 aromatic carbocycles. The lowest BCUT2D eigenvalue weighted by Crippen LogP contribution is -2.57. The molecule has 6 rings (SSSR count). The molecule has 8 nitrogen and oxygen atoms in total. The maximum atomic E-state index is 13.5. The van der Waals surface area contributed by atoms with Crippen molar-refractivity contribution in [1.82, 2.24) is 24.5 Å². The number of ether oxygens (including phenoxy) is 1. The van der Waals surface area contributed by atoms with E-state index in [1.54, 1.807) is 4.68 Å². The van der Waals surface area contributed by atoms with Crippen molar-refractivity contribution >= 4 is 12.0 Å². The number of amides is 2. The van der Waals surface area contributed by atoms with Gasteiger partial charge in [0, 0.05) is 49.4 Å². The summed E-state index contributed by atoms with van der Waals surface area (Å²) in [5.74, 6) is 0.0314. The number of aryl methyl sites for hydroxylation is 2. The summed E-state index contributed by atoms with van der Waals surface area (Å²) in [6, 6.07) is 11.8. The molecule has 204 valence electrons. The normalized spacial score (nSPS) is 26.4. The first-order valence-corrected chi connectivity index (χ1v) is 14.5. The third-order valence-corrected chi connectivity index (χ3v) is 9.68. The first-order valence-electron chi connectivity index (χ1n) is 14.5. The second-order valence-corrected chi connectivity index (χ2v) is 12.0. The summed E-state index contributed by atoms with van der Waals surface area (Å²) in [4.78, 5) is 33.0. The van der Waals surface area contributed by atoms with Gasteiger partial charge in [-0.3, -0.25) is 9.48 Å². The standard InChI is InChI=1S/C30H41N5O3/c1-4-15-38-29(37)35-23-9-10-24(35)18-25(17-23)33-13-11-30(12-14-33)20-34(19-22-7-5-6-8-26(22)30)28(36)27-16-21(2)32(3)31-27/h5-8,16,23-25H,4,9-15,17-20H2,1-3H3. The second-order valence-electron chi connectivity index (χ2n) is 12.0. The van der Waals surface area contributed by atoms with Crippen LogP contribution in [0.2, 0.25) is 0 Å². The van der Waals surface area contributed by atoms with Gasteiger partial charge in [-0.15, -0.1) is 0 Å². The monoisotopic (exact) mass is 519 g/mol. The predicted molar refractivity (Wildman–Crippen MR) is 145 cm³/mol. The predicted octanol–water partition coefficient (Wildman–Crippen LogP) is 4.26. The largest absolute Gasteiger partial charge is 0.449 e. The Kier molecular flexibility index (Phi) is 6.70. The molecule has 5 heterocycles. The zero-order valence-electron chi connectivity index (χ0n) is 23.1. The number of nitrogens with zero attached hydrogens (tertiary/aromatic N) is 5. The third-order valence-electron chi connectivity index (χ3n) is 9.68. The summed E-state index contributed by atoms with van der Waals surface area (Å²) in [6.07, 6.45) is 7.13. The van der Waals surface area contributed by atoms with E-state index in [4.69, 9.17) is 4.74 Å². The topological polar surface area (TPSA) is 70.9 Å². The number of aromatic nitrogens is 2. The highest BCUT2D eigenvalue weighted by Gasteiger charge is 2.48. The number of likely N-dealkylation sites (tertiary alicyclic amines) is 1. The molecule has 2 atom stereocenters. The van der Waals surface area contributed by atoms with Crippen molar-refractivity contribution in [1.29, 1.82) is 0 Å². The molecular weight excluding hydrogens is 478 g/mol. The van der Waals surface area contributed by atoms with Crippen LogP contribution in [0.3, 0.4) is 0 Å². The summed E-state index contributed by atoms with van der Waals surface area (Å²) in [6.45, 7) is 7.99. The Labute approximate surface area is 225 Å². The van der Waals surface area contributed by atoms with E-state index < -0.39 is 0 Å². The van der Waals surface area contributed by atoms with E-state index in [-0.39, 0.29) is 17.4 Å². The maximum absolute atomic E-state index is 13.5. The molecule has 2 bridgehead atoms. The number of hydrogen-bond acceptors (Lipinski definition) is 5. The number of piperidine rings is 2. The van der Waals surface area contributed by atoms with Gasteiger partial charge in [0.15, 0.2) is 5.69 Å². The number of hydrogen-bond donors (Lipinski definition) is 0. The van der Waals surface area contributed by atoms with Crippen LogP contribution in [-0.4, -0.2) is 80.8 Å². The van der Waals surface area contributed by atoms with Gasteiger partial charge in [-0.1, -0.05) is 31.2 Å². The Morgan fingerprint density at radius 1 is 1.08 bits per heavy atom. The van der Waals surface area contributed by atoms with Gasteiger partial charge in [0.25, 0.3) is 5.91 Å². The second kappa shape index (κ2) is 10.0. The van der Waals surface area contributed by atoms with E-state index >= 15 is 0 Å². The van der Waals surface area contributed by atoms with Crippen molar-refractivity contribution in [2.24, 2.45) is 7.05 Å². The van der Waals surface area contributed by atoms with E-state index in [0.717, 1.165) is 70.3 Å². The van der Waals surface area contributed by atoms with Crippen LogP contribution in [-0.2, 0) is 23.7 Å². The van der Waals surface area contributed by atoms with E-state index in [1.165, 1.54) is 11.1 Å². The quantitative estimate of drug-likeness (QED) is 0.604. The van der Waals surface area contributed by atoms with Gasteiger partial charge >= 0.3 is 6.09 Å². The summed E-state index contributed by atoms with van der Waals surface area (Å²) < 4.78 is 7.28. The SMILES string of the molecule is CCCOC(=O)N1C2CCC1CC(N1CCC3(CC1)CN(C(=O)c1cc(C)n(C)n1)Cc1ccccc13)C2. The molecule has 1 aromatic heterocycles. The van der Waals surface area contributed by atoms with E-state index in [1.807, 2.05) is 31.9 Å². The fourth-order valence-corrected chi connectivity index (χ4v) is 7.61. The van der Waals surface area contributed by atoms with Crippen molar-refractivity contribution in [3.05, 3.63) is 52.8 Å². The Balaban J connectivity index is 1.16. The zero-order chi connectivity index (χ0) is 26.4. The molecule has 3 fully saturated rings. The van der Waals surface area contributed by atoms with E-state index in [9.17, 15) is 9.59 Å². The third kappa shape index (κ3) is 4.40. The minimum Gasteiger partial charge on any atom is -0.449 e. The van der Waals surface area contributed by atoms with Crippen LogP contribution in [0.1, 0.15) is 79.2 Å². The number of fused-ring (bicyclic) bond motifs is 4. The average Bonchev–Trinajstić information content (AvgIpc) is 3.41. The Morgan fingerprint density at radius 3 is 2.45 bits per heavy atom. The summed E-state index contributed by atoms with van der Waals surface area (Å²) in [5.41, 5.74) is 4.21. The maximum Gasteiger partial charge on any atom is 0.410 e. The van der Waals surface area contributed by atoms with Crippen molar-refractivity contribution in [3.8, 4) is 0 Å². The molecule has 8 heteroatoms. The van der Waals surface area contributed by atoms with Crippen molar-refractivity contribution in [2.75, 3.05) is 26.2 Å². The van der Waals surface area contributed by atoms with Crippen molar-refractivity contribution < 1.29 is 14.3 Å². The van der Waals surface area contributed by atoms with Crippen LogP contribution in [0, 0.1) is 6.92 Å². The van der Waals surface area contributed by atoms with Crippen LogP contribution < -0.4 is 0 Å². The van der Waals surface area contributed by atoms with Crippen LogP contribution in [0.5, 0.6) is 0 Å². The molecule has 2 amide bonds. The van der Waals surface area contributed by atoms with Gasteiger partial charge in [0.1, 0.15) is 0 Å². The zero-order valence-corrected chi connectivity index (χ0v) is 23.1. The molecule has 38 heavy (non-hydrogen) atoms. The molecule has 0 saturated carbocycles. The highest BCUT2D eigenvalue weighted by molar-refractivity contribution is 5.92. The lowest BCUT2D eigenvalue weighted by molar-refractivity contribution is 0.0182. The summed E-state index contributed by atoms with van der Waals surface area (Å²) >= 11 is 0. The molecule has 1 spiro atoms. The Bertz CT molecular complexity index is 1170. The molecule has 0 aliphatic carbocycles. The van der Waals surface area contributed by atoms with Crippen LogP contribution in [0.25, 0.3) is 0 Å². The minimum absolute atomic E-state index is 0.0194. The van der Waals surface area contributed by atoms with E-state index in [0.29, 0.717) is 37.0 Å². The number of rotatable bonds is 4. The average molecular weight is 520 g/mol. The molecule has 0 N–H and O–H groups in total. The van der Waals surface area contributed by atoms with Gasteiger partial charge in [-0.25, -0.2) is 4.79 Å². The molecule has 3 saturated heterocycles. The molecular formula is C30H41N5O3. The van der Waals surface area contributed by atoms with Gasteiger partial charge in [-0.05, 0) is 82.2 Å². The minimum atomic E-state index is -0.109. The molecule has 2 aromatic rings. The van der Waals surface area contributed by atoms with Gasteiger partial charge < -0.3 is 19.4 Å². The Morgan fingerprint density at radius 2 is 1.79 bits per heavy atom. The fraction of sp³-hybridized carbons (Fsp3) is 0.633. The van der Waals surface area contributed by atoms with Gasteiger partial charge in [0.05, 0.1) is 6.61 Å². The van der Waals surface area contributed by atoms with E-state index in [2.05, 4.69) is 39.2 Å². The smallest absolute Gasteiger partial charge is 0.410 e. The molecule has 4 aliphatic heterocycles. The Hall–Kier alpha value is -2.87. The lowest BCUT2D eigenvalue weighted by atomic mass is 9.68. The first-order chi connectivity index (χ1) is 18.4. The number of carbonyl (C=O) groups excluding carboxylic acids is 2. The summed E-state index contributed by atoms with van der Waals surface area (Å²) in [7, 11) is 1.89. The van der Waals surface area contributed by atoms with Crippen LogP contribution in [0.15, 0.2) is 30.3 Å². The lowest BCUT2D eigenvalue weighted by Gasteiger charge is -2.51. The first kappa shape index (κ1) is 25.4. The summed E-state index contributed by atoms with van der Waals surface area (Å²) in [5, 5.41) is 4.48. The van der Waals surface area contributed by atoms with Gasteiger partial charge in [0.2, 0.25) is 0 Å². The number of benzene rings is 1. The van der Waals surface area contributed by atoms with Crippen molar-refractivity contribution in [2.45, 2.75) is 88.9 Å². The molecule has 2 unspecified atom stereocenters.